The summed E-state index contributed by atoms with van der Waals surface area (Å²) in [4.78, 5) is 4.25. The minimum Gasteiger partial charge on any atom is -0.365 e. The van der Waals surface area contributed by atoms with E-state index >= 15 is 0 Å². The van der Waals surface area contributed by atoms with Crippen molar-refractivity contribution in [1.29, 1.82) is 0 Å². The maximum atomic E-state index is 8.41. The molecule has 0 aromatic rings. The third kappa shape index (κ3) is 1.08. The average Bonchev–Trinajstić information content (AvgIpc) is 1.87. The number of hydrogen-bond donors (Lipinski definition) is 3. The molecule has 0 radical (unpaired) electrons. The Morgan fingerprint density at radius 2 is 2.57 bits per heavy atom. The number of aliphatic hydroxyl groups excluding tert-OH is 1. The molecule has 1 rings (SSSR count). The molecule has 42 valence electrons. The molecule has 1 aliphatic rings. The zero-order chi connectivity index (χ0) is 5.28. The van der Waals surface area contributed by atoms with Crippen molar-refractivity contribution in [2.24, 2.45) is 0 Å². The lowest BCUT2D eigenvalue weighted by Crippen LogP contribution is -2.25. The second kappa shape index (κ2) is 1.73. The SMILES string of the molecule is OC1CN(O)NO1. The number of β-amino-alcohol motifs (C(OH)–C–C–N with tert-alkyl or cyclic N) is 1. The maximum absolute atomic E-state index is 8.41. The Bertz CT molecular complexity index is 60.0. The predicted octanol–water partition coefficient (Wildman–Crippen LogP) is -1.55. The quantitative estimate of drug-likeness (QED) is 0.349. The van der Waals surface area contributed by atoms with Gasteiger partial charge in [-0.15, -0.1) is 5.59 Å². The van der Waals surface area contributed by atoms with Crippen LogP contribution in [-0.4, -0.2) is 28.3 Å². The monoisotopic (exact) mass is 106 g/mol. The molecule has 0 amide bonds. The van der Waals surface area contributed by atoms with E-state index in [1.807, 2.05) is 5.59 Å². The van der Waals surface area contributed by atoms with E-state index in [1.54, 1.807) is 0 Å². The van der Waals surface area contributed by atoms with Crippen LogP contribution in [0.3, 0.4) is 0 Å². The van der Waals surface area contributed by atoms with Crippen LogP contribution in [0.2, 0.25) is 0 Å². The number of aliphatic hydroxyl groups is 1. The highest BCUT2D eigenvalue weighted by atomic mass is 16.8. The smallest absolute Gasteiger partial charge is 0.193 e. The van der Waals surface area contributed by atoms with Gasteiger partial charge in [0.1, 0.15) is 0 Å². The minimum atomic E-state index is -0.912. The molecule has 0 aromatic heterocycles. The van der Waals surface area contributed by atoms with Gasteiger partial charge < -0.3 is 5.11 Å². The number of hydrazine groups is 1. The molecule has 1 unspecified atom stereocenters. The van der Waals surface area contributed by atoms with Crippen molar-refractivity contribution in [3.63, 3.8) is 0 Å². The van der Waals surface area contributed by atoms with Crippen molar-refractivity contribution in [3.8, 4) is 0 Å². The fraction of sp³-hybridized carbons (Fsp3) is 1.00. The maximum Gasteiger partial charge on any atom is 0.193 e. The van der Waals surface area contributed by atoms with Crippen molar-refractivity contribution in [2.45, 2.75) is 6.29 Å². The first-order valence-electron chi connectivity index (χ1n) is 1.85. The van der Waals surface area contributed by atoms with Crippen LogP contribution in [0.5, 0.6) is 0 Å². The molecule has 3 N–H and O–H groups in total. The molecular formula is C2H6N2O3. The first-order valence-corrected chi connectivity index (χ1v) is 1.85. The van der Waals surface area contributed by atoms with Crippen molar-refractivity contribution >= 4 is 0 Å². The van der Waals surface area contributed by atoms with Crippen LogP contribution in [0.1, 0.15) is 0 Å². The topological polar surface area (TPSA) is 65.0 Å². The summed E-state index contributed by atoms with van der Waals surface area (Å²) in [6.45, 7) is 0.0833. The number of hydroxylamine groups is 1. The fourth-order valence-electron chi connectivity index (χ4n) is 0.344. The van der Waals surface area contributed by atoms with Crippen molar-refractivity contribution < 1.29 is 15.2 Å². The third-order valence-electron chi connectivity index (χ3n) is 0.623. The van der Waals surface area contributed by atoms with E-state index in [0.29, 0.717) is 5.17 Å². The summed E-state index contributed by atoms with van der Waals surface area (Å²) in [5.41, 5.74) is 2.01. The first-order chi connectivity index (χ1) is 3.29. The van der Waals surface area contributed by atoms with Gasteiger partial charge in [0.05, 0.1) is 6.54 Å². The van der Waals surface area contributed by atoms with Gasteiger partial charge in [-0.3, -0.25) is 10.0 Å². The van der Waals surface area contributed by atoms with Gasteiger partial charge in [-0.2, -0.15) is 0 Å². The molecule has 5 heteroatoms. The van der Waals surface area contributed by atoms with Crippen LogP contribution in [-0.2, 0) is 4.84 Å². The van der Waals surface area contributed by atoms with Crippen LogP contribution in [0.25, 0.3) is 0 Å². The van der Waals surface area contributed by atoms with E-state index in [9.17, 15) is 0 Å². The van der Waals surface area contributed by atoms with Gasteiger partial charge in [0.25, 0.3) is 0 Å². The van der Waals surface area contributed by atoms with Crippen LogP contribution in [0.15, 0.2) is 0 Å². The van der Waals surface area contributed by atoms with E-state index in [0.717, 1.165) is 0 Å². The molecule has 1 aliphatic heterocycles. The summed E-state index contributed by atoms with van der Waals surface area (Å²) < 4.78 is 0. The Kier molecular flexibility index (Phi) is 1.22. The zero-order valence-corrected chi connectivity index (χ0v) is 3.53. The van der Waals surface area contributed by atoms with E-state index in [-0.39, 0.29) is 6.54 Å². The summed E-state index contributed by atoms with van der Waals surface area (Å²) in [7, 11) is 0. The van der Waals surface area contributed by atoms with Crippen molar-refractivity contribution in [1.82, 2.24) is 10.8 Å². The molecular weight excluding hydrogens is 100 g/mol. The van der Waals surface area contributed by atoms with Gasteiger partial charge >= 0.3 is 0 Å². The highest BCUT2D eigenvalue weighted by Crippen LogP contribution is 1.93. The molecule has 0 bridgehead atoms. The minimum absolute atomic E-state index is 0.0833. The van der Waals surface area contributed by atoms with Crippen molar-refractivity contribution in [3.05, 3.63) is 0 Å². The lowest BCUT2D eigenvalue weighted by Gasteiger charge is -1.97. The summed E-state index contributed by atoms with van der Waals surface area (Å²) >= 11 is 0. The van der Waals surface area contributed by atoms with Crippen molar-refractivity contribution in [2.75, 3.05) is 6.54 Å². The Morgan fingerprint density at radius 1 is 1.86 bits per heavy atom. The predicted molar refractivity (Wildman–Crippen MR) is 18.7 cm³/mol. The Labute approximate surface area is 40.0 Å². The Morgan fingerprint density at radius 3 is 2.71 bits per heavy atom. The number of hydrogen-bond acceptors (Lipinski definition) is 5. The summed E-state index contributed by atoms with van der Waals surface area (Å²) in [6, 6.07) is 0. The number of nitrogens with zero attached hydrogens (tertiary/aromatic N) is 1. The second-order valence-corrected chi connectivity index (χ2v) is 1.25. The molecule has 0 saturated carbocycles. The zero-order valence-electron chi connectivity index (χ0n) is 3.53. The van der Waals surface area contributed by atoms with Crippen LogP contribution in [0.4, 0.5) is 0 Å². The number of rotatable bonds is 0. The molecule has 1 saturated heterocycles. The van der Waals surface area contributed by atoms with E-state index in [4.69, 9.17) is 10.3 Å². The Hall–Kier alpha value is -0.200. The van der Waals surface area contributed by atoms with Crippen LogP contribution in [0, 0.1) is 0 Å². The normalized spacial score (nSPS) is 34.3. The molecule has 1 atom stereocenters. The van der Waals surface area contributed by atoms with Gasteiger partial charge in [0.2, 0.25) is 0 Å². The largest absolute Gasteiger partial charge is 0.365 e. The van der Waals surface area contributed by atoms with Gasteiger partial charge in [0.15, 0.2) is 6.29 Å². The molecule has 5 nitrogen and oxygen atoms in total. The summed E-state index contributed by atoms with van der Waals surface area (Å²) in [5.74, 6) is 0. The average molecular weight is 106 g/mol. The highest BCUT2D eigenvalue weighted by Gasteiger charge is 2.17. The molecule has 0 spiro atoms. The molecule has 1 fully saturated rings. The van der Waals surface area contributed by atoms with Crippen LogP contribution < -0.4 is 5.59 Å². The summed E-state index contributed by atoms with van der Waals surface area (Å²) in [5, 5.41) is 17.4. The first kappa shape index (κ1) is 4.95. The summed E-state index contributed by atoms with van der Waals surface area (Å²) in [6.07, 6.45) is -0.912. The van der Waals surface area contributed by atoms with E-state index in [2.05, 4.69) is 4.84 Å². The lowest BCUT2D eigenvalue weighted by molar-refractivity contribution is -0.187. The van der Waals surface area contributed by atoms with Gasteiger partial charge in [-0.05, 0) is 0 Å². The lowest BCUT2D eigenvalue weighted by atomic mass is 10.7. The Balaban J connectivity index is 2.26. The second-order valence-electron chi connectivity index (χ2n) is 1.25. The van der Waals surface area contributed by atoms with E-state index in [1.165, 1.54) is 0 Å². The van der Waals surface area contributed by atoms with Gasteiger partial charge in [-0.25, -0.2) is 0 Å². The molecule has 0 aliphatic carbocycles. The fourth-order valence-corrected chi connectivity index (χ4v) is 0.344. The number of nitrogens with one attached hydrogen (secondary N) is 1. The molecule has 0 aromatic carbocycles. The van der Waals surface area contributed by atoms with Gasteiger partial charge in [-0.1, -0.05) is 5.17 Å². The third-order valence-corrected chi connectivity index (χ3v) is 0.623. The molecule has 7 heavy (non-hydrogen) atoms. The standard InChI is InChI=1S/C2H6N2O3/c5-2-1-4(6)3-7-2/h2-3,5-6H,1H2. The highest BCUT2D eigenvalue weighted by molar-refractivity contribution is 4.43. The van der Waals surface area contributed by atoms with Crippen LogP contribution >= 0.6 is 0 Å². The van der Waals surface area contributed by atoms with Gasteiger partial charge in [0, 0.05) is 0 Å². The molecule has 1 heterocycles. The van der Waals surface area contributed by atoms with E-state index < -0.39 is 6.29 Å².